The van der Waals surface area contributed by atoms with Crippen LogP contribution >= 0.6 is 23.1 Å². The first kappa shape index (κ1) is 17.0. The van der Waals surface area contributed by atoms with E-state index in [9.17, 15) is 10.1 Å². The summed E-state index contributed by atoms with van der Waals surface area (Å²) >= 11 is 2.79. The minimum atomic E-state index is -0.733. The number of aromatic nitrogens is 2. The van der Waals surface area contributed by atoms with Crippen molar-refractivity contribution in [2.45, 2.75) is 43.5 Å². The van der Waals surface area contributed by atoms with E-state index in [2.05, 4.69) is 40.7 Å². The molecule has 0 radical (unpaired) electrons. The summed E-state index contributed by atoms with van der Waals surface area (Å²) < 4.78 is 0.756. The zero-order chi connectivity index (χ0) is 16.2. The highest BCUT2D eigenvalue weighted by Gasteiger charge is 2.42. The second-order valence-electron chi connectivity index (χ2n) is 6.07. The van der Waals surface area contributed by atoms with Gasteiger partial charge in [0.1, 0.15) is 5.54 Å². The second kappa shape index (κ2) is 7.29. The number of carbonyl (C=O) groups is 1. The Balaban J connectivity index is 1.78. The zero-order valence-corrected chi connectivity index (χ0v) is 14.7. The van der Waals surface area contributed by atoms with E-state index in [1.807, 2.05) is 0 Å². The monoisotopic (exact) mass is 339 g/mol. The molecule has 1 aliphatic rings. The number of carbonyl (C=O) groups excluding carboxylic acids is 1. The van der Waals surface area contributed by atoms with Gasteiger partial charge in [-0.15, -0.1) is 10.2 Å². The topological polar surface area (TPSA) is 90.7 Å². The van der Waals surface area contributed by atoms with Crippen molar-refractivity contribution in [2.24, 2.45) is 11.8 Å². The third-order valence-electron chi connectivity index (χ3n) is 3.42. The van der Waals surface area contributed by atoms with E-state index in [1.54, 1.807) is 6.92 Å². The summed E-state index contributed by atoms with van der Waals surface area (Å²) in [5.41, 5.74) is -0.733. The smallest absolute Gasteiger partial charge is 0.231 e. The molecule has 1 unspecified atom stereocenters. The summed E-state index contributed by atoms with van der Waals surface area (Å²) in [7, 11) is 0. The third-order valence-corrected chi connectivity index (χ3v) is 5.43. The number of hydrogen-bond acceptors (Lipinski definition) is 7. The van der Waals surface area contributed by atoms with Gasteiger partial charge in [-0.3, -0.25) is 4.79 Å². The van der Waals surface area contributed by atoms with Gasteiger partial charge >= 0.3 is 0 Å². The molecular weight excluding hydrogens is 318 g/mol. The molecule has 1 aromatic heterocycles. The van der Waals surface area contributed by atoms with Gasteiger partial charge in [-0.1, -0.05) is 36.9 Å². The molecule has 0 aliphatic heterocycles. The maximum Gasteiger partial charge on any atom is 0.231 e. The molecule has 6 nitrogen and oxygen atoms in total. The molecule has 8 heteroatoms. The first-order chi connectivity index (χ1) is 10.4. The molecule has 1 saturated carbocycles. The first-order valence-electron chi connectivity index (χ1n) is 7.35. The lowest BCUT2D eigenvalue weighted by atomic mass is 9.98. The van der Waals surface area contributed by atoms with Crippen LogP contribution in [-0.2, 0) is 4.79 Å². The Morgan fingerprint density at radius 2 is 2.27 bits per heavy atom. The summed E-state index contributed by atoms with van der Waals surface area (Å²) in [5.74, 6) is 0.951. The lowest BCUT2D eigenvalue weighted by molar-refractivity contribution is -0.119. The highest BCUT2D eigenvalue weighted by atomic mass is 32.2. The fourth-order valence-corrected chi connectivity index (χ4v) is 3.52. The van der Waals surface area contributed by atoms with E-state index in [1.165, 1.54) is 23.1 Å². The number of nitrogens with zero attached hydrogens (tertiary/aromatic N) is 3. The normalized spacial score (nSPS) is 16.9. The van der Waals surface area contributed by atoms with Crippen LogP contribution in [0.25, 0.3) is 0 Å². The highest BCUT2D eigenvalue weighted by molar-refractivity contribution is 8.01. The van der Waals surface area contributed by atoms with Crippen molar-refractivity contribution < 1.29 is 4.79 Å². The lowest BCUT2D eigenvalue weighted by Crippen LogP contribution is -2.47. The maximum atomic E-state index is 12.0. The maximum absolute atomic E-state index is 12.0. The van der Waals surface area contributed by atoms with E-state index in [-0.39, 0.29) is 11.7 Å². The Hall–Kier alpha value is -1.33. The van der Waals surface area contributed by atoms with Crippen LogP contribution in [-0.4, -0.2) is 33.9 Å². The van der Waals surface area contributed by atoms with Crippen LogP contribution in [0.3, 0.4) is 0 Å². The Morgan fingerprint density at radius 1 is 1.55 bits per heavy atom. The van der Waals surface area contributed by atoms with E-state index in [4.69, 9.17) is 0 Å². The molecule has 120 valence electrons. The second-order valence-corrected chi connectivity index (χ2v) is 8.27. The van der Waals surface area contributed by atoms with E-state index >= 15 is 0 Å². The van der Waals surface area contributed by atoms with Crippen molar-refractivity contribution >= 4 is 34.1 Å². The molecule has 2 rings (SSSR count). The Labute approximate surface area is 139 Å². The third kappa shape index (κ3) is 4.85. The van der Waals surface area contributed by atoms with Gasteiger partial charge in [-0.25, -0.2) is 0 Å². The number of rotatable bonds is 8. The van der Waals surface area contributed by atoms with Gasteiger partial charge in [0, 0.05) is 6.54 Å². The predicted molar refractivity (Wildman–Crippen MR) is 88.8 cm³/mol. The predicted octanol–water partition coefficient (Wildman–Crippen LogP) is 2.51. The summed E-state index contributed by atoms with van der Waals surface area (Å²) in [6, 6.07) is 2.22. The summed E-state index contributed by atoms with van der Waals surface area (Å²) in [4.78, 5) is 12.0. The highest BCUT2D eigenvalue weighted by Crippen LogP contribution is 2.39. The Kier molecular flexibility index (Phi) is 5.64. The molecule has 1 amide bonds. The zero-order valence-electron chi connectivity index (χ0n) is 13.0. The van der Waals surface area contributed by atoms with Crippen LogP contribution in [0.2, 0.25) is 0 Å². The van der Waals surface area contributed by atoms with E-state index in [0.29, 0.717) is 11.8 Å². The quantitative estimate of drug-likeness (QED) is 0.707. The first-order valence-corrected chi connectivity index (χ1v) is 9.15. The molecular formula is C14H21N5OS2. The average molecular weight is 339 g/mol. The molecule has 1 aromatic rings. The van der Waals surface area contributed by atoms with Crippen LogP contribution in [0, 0.1) is 23.2 Å². The minimum absolute atomic E-state index is 0.132. The molecule has 1 atom stereocenters. The molecule has 1 fully saturated rings. The number of hydrogen-bond donors (Lipinski definition) is 2. The number of nitriles is 1. The van der Waals surface area contributed by atoms with Gasteiger partial charge in [0.25, 0.3) is 0 Å². The van der Waals surface area contributed by atoms with Crippen LogP contribution in [0.4, 0.5) is 5.13 Å². The average Bonchev–Trinajstić information content (AvgIpc) is 3.24. The molecule has 0 spiro atoms. The molecule has 1 aliphatic carbocycles. The van der Waals surface area contributed by atoms with Crippen LogP contribution < -0.4 is 10.6 Å². The van der Waals surface area contributed by atoms with Gasteiger partial charge in [-0.2, -0.15) is 5.26 Å². The molecule has 0 aromatic carbocycles. The molecule has 0 saturated heterocycles. The molecule has 22 heavy (non-hydrogen) atoms. The van der Waals surface area contributed by atoms with Crippen LogP contribution in [0.5, 0.6) is 0 Å². The van der Waals surface area contributed by atoms with Crippen molar-refractivity contribution in [3.63, 3.8) is 0 Å². The van der Waals surface area contributed by atoms with E-state index in [0.717, 1.165) is 28.9 Å². The molecule has 2 N–H and O–H groups in total. The summed E-state index contributed by atoms with van der Waals surface area (Å²) in [6.07, 6.45) is 2.03. The van der Waals surface area contributed by atoms with Gasteiger partial charge in [0.05, 0.1) is 11.8 Å². The van der Waals surface area contributed by atoms with Crippen molar-refractivity contribution in [2.75, 3.05) is 17.6 Å². The molecule has 0 bridgehead atoms. The fraction of sp³-hybridized carbons (Fsp3) is 0.714. The standard InChI is InChI=1S/C14H21N5OS2/c1-9(2)6-16-12-18-19-13(22-12)21-7-11(20)17-14(3,8-15)10-4-5-10/h9-10H,4-7H2,1-3H3,(H,16,18)(H,17,20). The van der Waals surface area contributed by atoms with Crippen molar-refractivity contribution in [1.82, 2.24) is 15.5 Å². The van der Waals surface area contributed by atoms with Crippen molar-refractivity contribution in [1.29, 1.82) is 5.26 Å². The van der Waals surface area contributed by atoms with Gasteiger partial charge in [-0.05, 0) is 31.6 Å². The largest absolute Gasteiger partial charge is 0.360 e. The van der Waals surface area contributed by atoms with Crippen LogP contribution in [0.1, 0.15) is 33.6 Å². The van der Waals surface area contributed by atoms with Gasteiger partial charge in [0.2, 0.25) is 11.0 Å². The summed E-state index contributed by atoms with van der Waals surface area (Å²) in [6.45, 7) is 6.90. The SMILES string of the molecule is CC(C)CNc1nnc(SCC(=O)NC(C)(C#N)C2CC2)s1. The Bertz CT molecular complexity index is 564. The fourth-order valence-electron chi connectivity index (χ4n) is 1.97. The molecule has 1 heterocycles. The summed E-state index contributed by atoms with van der Waals surface area (Å²) in [5, 5.41) is 24.2. The Morgan fingerprint density at radius 3 is 2.86 bits per heavy atom. The van der Waals surface area contributed by atoms with Crippen LogP contribution in [0.15, 0.2) is 4.34 Å². The van der Waals surface area contributed by atoms with Crippen molar-refractivity contribution in [3.05, 3.63) is 0 Å². The minimum Gasteiger partial charge on any atom is -0.360 e. The number of nitrogens with one attached hydrogen (secondary N) is 2. The number of amides is 1. The van der Waals surface area contributed by atoms with Crippen molar-refractivity contribution in [3.8, 4) is 6.07 Å². The van der Waals surface area contributed by atoms with Gasteiger partial charge in [0.15, 0.2) is 4.34 Å². The lowest BCUT2D eigenvalue weighted by Gasteiger charge is -2.22. The van der Waals surface area contributed by atoms with E-state index < -0.39 is 5.54 Å². The number of thioether (sulfide) groups is 1. The number of anilines is 1. The van der Waals surface area contributed by atoms with Gasteiger partial charge < -0.3 is 10.6 Å².